The summed E-state index contributed by atoms with van der Waals surface area (Å²) in [6, 6.07) is 6.94. The van der Waals surface area contributed by atoms with Crippen LogP contribution in [0.15, 0.2) is 36.5 Å². The molecule has 31 heavy (non-hydrogen) atoms. The summed E-state index contributed by atoms with van der Waals surface area (Å²) in [5.41, 5.74) is 0.541. The summed E-state index contributed by atoms with van der Waals surface area (Å²) in [5, 5.41) is 21.4. The molecule has 0 spiro atoms. The second kappa shape index (κ2) is 8.35. The van der Waals surface area contributed by atoms with E-state index in [9.17, 15) is 14.3 Å². The molecule has 1 aromatic carbocycles. The van der Waals surface area contributed by atoms with Gasteiger partial charge in [-0.25, -0.2) is 19.6 Å². The SMILES string of the molecule is CC1(C(=O)O)COC(c2nc(-c3ccc(F)cc3)c(-c3ccnc(OOO)n3)[nH]2)OC1. The summed E-state index contributed by atoms with van der Waals surface area (Å²) >= 11 is 0. The van der Waals surface area contributed by atoms with Crippen molar-refractivity contribution in [2.45, 2.75) is 13.2 Å². The number of rotatable bonds is 6. The third-order valence-corrected chi connectivity index (χ3v) is 4.69. The van der Waals surface area contributed by atoms with Crippen molar-refractivity contribution in [1.29, 1.82) is 0 Å². The fraction of sp³-hybridized carbons (Fsp3) is 0.263. The molecule has 1 fully saturated rings. The smallest absolute Gasteiger partial charge is 0.357 e. The molecule has 2 aromatic heterocycles. The highest BCUT2D eigenvalue weighted by Crippen LogP contribution is 2.35. The summed E-state index contributed by atoms with van der Waals surface area (Å²) in [4.78, 5) is 31.3. The number of carbonyl (C=O) groups is 1. The van der Waals surface area contributed by atoms with Crippen LogP contribution < -0.4 is 4.89 Å². The predicted molar refractivity (Wildman–Crippen MR) is 99.7 cm³/mol. The van der Waals surface area contributed by atoms with E-state index in [1.807, 2.05) is 0 Å². The van der Waals surface area contributed by atoms with Crippen molar-refractivity contribution >= 4 is 5.97 Å². The van der Waals surface area contributed by atoms with Crippen LogP contribution in [-0.2, 0) is 19.3 Å². The number of halogens is 1. The molecule has 11 nitrogen and oxygen atoms in total. The zero-order valence-corrected chi connectivity index (χ0v) is 16.1. The maximum atomic E-state index is 13.4. The molecule has 0 amide bonds. The Morgan fingerprint density at radius 1 is 1.23 bits per heavy atom. The van der Waals surface area contributed by atoms with Crippen molar-refractivity contribution in [3.63, 3.8) is 0 Å². The second-order valence-corrected chi connectivity index (χ2v) is 7.05. The third kappa shape index (κ3) is 4.22. The minimum Gasteiger partial charge on any atom is -0.481 e. The Morgan fingerprint density at radius 3 is 2.58 bits per heavy atom. The van der Waals surface area contributed by atoms with Crippen LogP contribution >= 0.6 is 0 Å². The standard InChI is InChI=1S/C19H17FN4O7/c1-19(17(25)26)8-28-16(29-9-19)15-23-13(10-2-4-11(20)5-3-10)14(24-15)12-6-7-21-18(22-12)30-31-27/h2-7,16,27H,8-9H2,1H3,(H,23,24)(H,25,26). The van der Waals surface area contributed by atoms with Gasteiger partial charge in [0.05, 0.1) is 30.3 Å². The van der Waals surface area contributed by atoms with Gasteiger partial charge < -0.3 is 19.6 Å². The van der Waals surface area contributed by atoms with Gasteiger partial charge >= 0.3 is 12.0 Å². The van der Waals surface area contributed by atoms with Gasteiger partial charge in [0.25, 0.3) is 0 Å². The molecule has 0 aliphatic carbocycles. The molecule has 4 rings (SSSR count). The molecule has 1 aliphatic rings. The molecule has 1 saturated heterocycles. The average molecular weight is 432 g/mol. The van der Waals surface area contributed by atoms with E-state index >= 15 is 0 Å². The molecule has 3 N–H and O–H groups in total. The van der Waals surface area contributed by atoms with Gasteiger partial charge in [0, 0.05) is 11.8 Å². The number of nitrogens with one attached hydrogen (secondary N) is 1. The number of benzene rings is 1. The number of H-pyrrole nitrogens is 1. The van der Waals surface area contributed by atoms with Crippen LogP contribution in [-0.4, -0.2) is 49.5 Å². The number of nitrogens with zero attached hydrogens (tertiary/aromatic N) is 3. The first-order chi connectivity index (χ1) is 14.9. The number of imidazole rings is 1. The highest BCUT2D eigenvalue weighted by Gasteiger charge is 2.41. The first-order valence-corrected chi connectivity index (χ1v) is 9.03. The monoisotopic (exact) mass is 432 g/mol. The fourth-order valence-electron chi connectivity index (χ4n) is 2.95. The predicted octanol–water partition coefficient (Wildman–Crippen LogP) is 2.59. The normalized spacial score (nSPS) is 21.1. The highest BCUT2D eigenvalue weighted by atomic mass is 19.1. The quantitative estimate of drug-likeness (QED) is 0.392. The Kier molecular flexibility index (Phi) is 5.61. The zero-order chi connectivity index (χ0) is 22.0. The van der Waals surface area contributed by atoms with Crippen LogP contribution in [0.5, 0.6) is 6.01 Å². The van der Waals surface area contributed by atoms with Gasteiger partial charge in [0.15, 0.2) is 5.82 Å². The number of hydrogen-bond acceptors (Lipinski definition) is 9. The summed E-state index contributed by atoms with van der Waals surface area (Å²) < 4.78 is 24.6. The fourth-order valence-corrected chi connectivity index (χ4v) is 2.95. The van der Waals surface area contributed by atoms with Crippen molar-refractivity contribution in [3.05, 3.63) is 48.2 Å². The molecule has 0 unspecified atom stereocenters. The lowest BCUT2D eigenvalue weighted by molar-refractivity contribution is -0.441. The van der Waals surface area contributed by atoms with E-state index in [1.54, 1.807) is 6.07 Å². The van der Waals surface area contributed by atoms with Crippen molar-refractivity contribution in [2.24, 2.45) is 5.41 Å². The Bertz CT molecular complexity index is 1080. The Balaban J connectivity index is 1.72. The van der Waals surface area contributed by atoms with Gasteiger partial charge in [-0.2, -0.15) is 4.98 Å². The number of aromatic nitrogens is 4. The lowest BCUT2D eigenvalue weighted by Crippen LogP contribution is -2.42. The van der Waals surface area contributed by atoms with Crippen LogP contribution in [0.4, 0.5) is 4.39 Å². The topological polar surface area (TPSA) is 149 Å². The number of carboxylic acid groups (broad SMARTS) is 1. The molecular weight excluding hydrogens is 415 g/mol. The van der Waals surface area contributed by atoms with Crippen molar-refractivity contribution < 1.29 is 38.9 Å². The van der Waals surface area contributed by atoms with Crippen LogP contribution in [0.3, 0.4) is 0 Å². The van der Waals surface area contributed by atoms with E-state index < -0.39 is 23.5 Å². The molecule has 3 heterocycles. The zero-order valence-electron chi connectivity index (χ0n) is 16.1. The van der Waals surface area contributed by atoms with Gasteiger partial charge in [-0.3, -0.25) is 9.68 Å². The molecule has 1 aliphatic heterocycles. The highest BCUT2D eigenvalue weighted by molar-refractivity contribution is 5.77. The minimum absolute atomic E-state index is 0.0751. The number of ether oxygens (including phenoxy) is 2. The first-order valence-electron chi connectivity index (χ1n) is 9.03. The summed E-state index contributed by atoms with van der Waals surface area (Å²) in [7, 11) is 0. The number of hydrogen-bond donors (Lipinski definition) is 3. The maximum absolute atomic E-state index is 13.4. The van der Waals surface area contributed by atoms with E-state index in [0.717, 1.165) is 0 Å². The third-order valence-electron chi connectivity index (χ3n) is 4.69. The average Bonchev–Trinajstić information content (AvgIpc) is 3.20. The Morgan fingerprint density at radius 2 is 1.94 bits per heavy atom. The van der Waals surface area contributed by atoms with Crippen LogP contribution in [0.1, 0.15) is 19.0 Å². The van der Waals surface area contributed by atoms with Gasteiger partial charge in [-0.05, 0) is 42.3 Å². The Labute approximate surface area is 174 Å². The van der Waals surface area contributed by atoms with Gasteiger partial charge in [0.1, 0.15) is 11.2 Å². The van der Waals surface area contributed by atoms with Gasteiger partial charge in [0.2, 0.25) is 6.29 Å². The molecule has 0 atom stereocenters. The number of aliphatic carboxylic acids is 1. The summed E-state index contributed by atoms with van der Waals surface area (Å²) in [5.74, 6) is -1.18. The summed E-state index contributed by atoms with van der Waals surface area (Å²) in [6.07, 6.45) is 0.427. The molecule has 12 heteroatoms. The van der Waals surface area contributed by atoms with Gasteiger partial charge in [-0.1, -0.05) is 0 Å². The van der Waals surface area contributed by atoms with Crippen molar-refractivity contribution in [2.75, 3.05) is 13.2 Å². The van der Waals surface area contributed by atoms with Crippen LogP contribution in [0.2, 0.25) is 0 Å². The largest absolute Gasteiger partial charge is 0.481 e. The van der Waals surface area contributed by atoms with Crippen molar-refractivity contribution in [1.82, 2.24) is 19.9 Å². The lowest BCUT2D eigenvalue weighted by atomic mass is 9.92. The van der Waals surface area contributed by atoms with E-state index in [1.165, 1.54) is 37.4 Å². The van der Waals surface area contributed by atoms with Crippen LogP contribution in [0, 0.1) is 11.2 Å². The summed E-state index contributed by atoms with van der Waals surface area (Å²) in [6.45, 7) is 1.37. The molecule has 162 valence electrons. The molecular formula is C19H17FN4O7. The lowest BCUT2D eigenvalue weighted by Gasteiger charge is -2.33. The molecule has 0 bridgehead atoms. The number of aromatic amines is 1. The second-order valence-electron chi connectivity index (χ2n) is 7.05. The Hall–Kier alpha value is -3.45. The van der Waals surface area contributed by atoms with E-state index in [0.29, 0.717) is 22.6 Å². The minimum atomic E-state index is -1.17. The molecule has 0 radical (unpaired) electrons. The van der Waals surface area contributed by atoms with Crippen molar-refractivity contribution in [3.8, 4) is 28.7 Å². The van der Waals surface area contributed by atoms with E-state index in [2.05, 4.69) is 29.9 Å². The first kappa shape index (κ1) is 20.8. The van der Waals surface area contributed by atoms with Gasteiger partial charge in [-0.15, -0.1) is 0 Å². The molecule has 3 aromatic rings. The van der Waals surface area contributed by atoms with E-state index in [-0.39, 0.29) is 25.0 Å². The van der Waals surface area contributed by atoms with E-state index in [4.69, 9.17) is 14.7 Å². The number of carboxylic acids is 1. The molecule has 0 saturated carbocycles. The maximum Gasteiger partial charge on any atom is 0.357 e. The van der Waals surface area contributed by atoms with Crippen LogP contribution in [0.25, 0.3) is 22.6 Å².